The van der Waals surface area contributed by atoms with Gasteiger partial charge in [0.25, 0.3) is 0 Å². The second kappa shape index (κ2) is 8.33. The fourth-order valence-electron chi connectivity index (χ4n) is 3.09. The maximum atomic E-state index is 12.5. The Morgan fingerprint density at radius 3 is 2.26 bits per heavy atom. The van der Waals surface area contributed by atoms with Crippen LogP contribution >= 0.6 is 0 Å². The first-order valence-electron chi connectivity index (χ1n) is 8.40. The van der Waals surface area contributed by atoms with E-state index in [1.165, 1.54) is 30.1 Å². The normalized spacial score (nSPS) is 21.4. The van der Waals surface area contributed by atoms with Crippen molar-refractivity contribution in [1.29, 1.82) is 0 Å². The van der Waals surface area contributed by atoms with Crippen molar-refractivity contribution >= 4 is 25.3 Å². The van der Waals surface area contributed by atoms with E-state index in [2.05, 4.69) is 35.6 Å². The molecule has 0 aliphatic heterocycles. The Morgan fingerprint density at radius 1 is 0.870 bits per heavy atom. The summed E-state index contributed by atoms with van der Waals surface area (Å²) in [5.74, 6) is 0.0753. The van der Waals surface area contributed by atoms with E-state index >= 15 is 0 Å². The monoisotopic (exact) mass is 373 g/mol. The van der Waals surface area contributed by atoms with Gasteiger partial charge in [0.05, 0.1) is 0 Å². The van der Waals surface area contributed by atoms with Crippen LogP contribution in [0.3, 0.4) is 0 Å². The van der Waals surface area contributed by atoms with Crippen molar-refractivity contribution in [3.63, 3.8) is 0 Å². The van der Waals surface area contributed by atoms with Gasteiger partial charge in [0.2, 0.25) is 0 Å². The summed E-state index contributed by atoms with van der Waals surface area (Å²) in [5.41, 5.74) is 0.766. The van der Waals surface area contributed by atoms with E-state index < -0.39 is 0 Å². The zero-order chi connectivity index (χ0) is 15.9. The number of benzene rings is 2. The molecule has 3 rings (SSSR count). The first-order valence-corrected chi connectivity index (χ1v) is 10.2. The minimum absolute atomic E-state index is 0.0753. The molecule has 1 aliphatic carbocycles. The SMILES string of the molecule is O=C(N[C@@H]1CCCCC[C@H]1[Se]c1ccccc1)c1ccccc1. The molecule has 0 unspecified atom stereocenters. The number of rotatable bonds is 4. The van der Waals surface area contributed by atoms with Crippen LogP contribution in [0.5, 0.6) is 0 Å². The number of carbonyl (C=O) groups is 1. The molecule has 1 fully saturated rings. The molecular formula is C20H23NOSe. The molecule has 2 atom stereocenters. The van der Waals surface area contributed by atoms with Gasteiger partial charge in [0.15, 0.2) is 0 Å². The summed E-state index contributed by atoms with van der Waals surface area (Å²) >= 11 is 0.417. The third-order valence-electron chi connectivity index (χ3n) is 4.34. The van der Waals surface area contributed by atoms with Crippen LogP contribution in [0.2, 0.25) is 4.82 Å². The van der Waals surface area contributed by atoms with Crippen LogP contribution in [-0.2, 0) is 0 Å². The molecule has 0 spiro atoms. The number of nitrogens with one attached hydrogen (secondary N) is 1. The van der Waals surface area contributed by atoms with Crippen LogP contribution < -0.4 is 9.78 Å². The molecule has 2 nitrogen and oxygen atoms in total. The molecule has 1 aliphatic rings. The topological polar surface area (TPSA) is 29.1 Å². The predicted molar refractivity (Wildman–Crippen MR) is 96.4 cm³/mol. The molecule has 0 heterocycles. The Bertz CT molecular complexity index is 614. The van der Waals surface area contributed by atoms with Gasteiger partial charge in [-0.2, -0.15) is 0 Å². The second-order valence-corrected chi connectivity index (χ2v) is 8.81. The summed E-state index contributed by atoms with van der Waals surface area (Å²) in [7, 11) is 0. The number of amides is 1. The molecule has 3 heteroatoms. The summed E-state index contributed by atoms with van der Waals surface area (Å²) in [6.07, 6.45) is 6.14. The van der Waals surface area contributed by atoms with Gasteiger partial charge in [0, 0.05) is 0 Å². The van der Waals surface area contributed by atoms with Crippen molar-refractivity contribution in [2.24, 2.45) is 0 Å². The third-order valence-corrected chi connectivity index (χ3v) is 7.30. The van der Waals surface area contributed by atoms with Crippen molar-refractivity contribution in [3.8, 4) is 0 Å². The minimum atomic E-state index is 0.0753. The van der Waals surface area contributed by atoms with Crippen LogP contribution in [0, 0.1) is 0 Å². The summed E-state index contributed by atoms with van der Waals surface area (Å²) in [5, 5.41) is 3.32. The van der Waals surface area contributed by atoms with Crippen LogP contribution in [0.15, 0.2) is 60.7 Å². The summed E-state index contributed by atoms with van der Waals surface area (Å²) in [6, 6.07) is 20.6. The quantitative estimate of drug-likeness (QED) is 0.645. The first-order chi connectivity index (χ1) is 11.3. The van der Waals surface area contributed by atoms with E-state index in [4.69, 9.17) is 0 Å². The van der Waals surface area contributed by atoms with E-state index in [9.17, 15) is 4.79 Å². The average molecular weight is 372 g/mol. The molecule has 1 N–H and O–H groups in total. The molecule has 0 saturated heterocycles. The molecule has 2 aromatic carbocycles. The standard InChI is InChI=1S/C20H23NOSe/c22-20(16-10-4-1-5-11-16)21-18-14-8-3-9-15-19(18)23-17-12-6-2-7-13-17/h1-2,4-7,10-13,18-19H,3,8-9,14-15H2,(H,21,22)/t18-,19-/m1/s1. The average Bonchev–Trinajstić information content (AvgIpc) is 2.82. The molecule has 0 aromatic heterocycles. The Morgan fingerprint density at radius 2 is 1.52 bits per heavy atom. The third kappa shape index (κ3) is 4.70. The van der Waals surface area contributed by atoms with Gasteiger partial charge in [-0.15, -0.1) is 0 Å². The molecular weight excluding hydrogens is 349 g/mol. The Labute approximate surface area is 144 Å². The Kier molecular flexibility index (Phi) is 5.90. The summed E-state index contributed by atoms with van der Waals surface area (Å²) in [6.45, 7) is 0. The molecule has 23 heavy (non-hydrogen) atoms. The van der Waals surface area contributed by atoms with Gasteiger partial charge >= 0.3 is 145 Å². The van der Waals surface area contributed by atoms with E-state index in [0.29, 0.717) is 25.8 Å². The van der Waals surface area contributed by atoms with E-state index in [-0.39, 0.29) is 5.91 Å². The molecule has 1 amide bonds. The van der Waals surface area contributed by atoms with Crippen LogP contribution in [0.4, 0.5) is 0 Å². The van der Waals surface area contributed by atoms with Crippen molar-refractivity contribution in [1.82, 2.24) is 5.32 Å². The first kappa shape index (κ1) is 16.3. The van der Waals surface area contributed by atoms with E-state index in [1.54, 1.807) is 0 Å². The molecule has 120 valence electrons. The number of hydrogen-bond donors (Lipinski definition) is 1. The fraction of sp³-hybridized carbons (Fsp3) is 0.350. The van der Waals surface area contributed by atoms with Gasteiger partial charge in [0.1, 0.15) is 0 Å². The van der Waals surface area contributed by atoms with E-state index in [0.717, 1.165) is 12.0 Å². The molecule has 1 saturated carbocycles. The van der Waals surface area contributed by atoms with Crippen molar-refractivity contribution < 1.29 is 4.79 Å². The Balaban J connectivity index is 1.70. The molecule has 2 aromatic rings. The van der Waals surface area contributed by atoms with Crippen molar-refractivity contribution in [2.75, 3.05) is 0 Å². The van der Waals surface area contributed by atoms with Gasteiger partial charge < -0.3 is 0 Å². The zero-order valence-electron chi connectivity index (χ0n) is 13.3. The summed E-state index contributed by atoms with van der Waals surface area (Å²) < 4.78 is 1.44. The van der Waals surface area contributed by atoms with Crippen LogP contribution in [-0.4, -0.2) is 26.9 Å². The summed E-state index contributed by atoms with van der Waals surface area (Å²) in [4.78, 5) is 13.1. The number of hydrogen-bond acceptors (Lipinski definition) is 1. The predicted octanol–water partition coefficient (Wildman–Crippen LogP) is 3.57. The van der Waals surface area contributed by atoms with Gasteiger partial charge in [-0.05, 0) is 0 Å². The maximum absolute atomic E-state index is 12.5. The van der Waals surface area contributed by atoms with Crippen molar-refractivity contribution in [3.05, 3.63) is 66.2 Å². The molecule has 0 radical (unpaired) electrons. The van der Waals surface area contributed by atoms with Crippen LogP contribution in [0.1, 0.15) is 42.5 Å². The van der Waals surface area contributed by atoms with Gasteiger partial charge in [-0.25, -0.2) is 0 Å². The second-order valence-electron chi connectivity index (χ2n) is 6.05. The zero-order valence-corrected chi connectivity index (χ0v) is 15.0. The Hall–Kier alpha value is -1.57. The number of carbonyl (C=O) groups excluding carboxylic acids is 1. The van der Waals surface area contributed by atoms with Crippen LogP contribution in [0.25, 0.3) is 0 Å². The molecule has 0 bridgehead atoms. The van der Waals surface area contributed by atoms with Gasteiger partial charge in [-0.1, -0.05) is 0 Å². The van der Waals surface area contributed by atoms with E-state index in [1.807, 2.05) is 30.3 Å². The van der Waals surface area contributed by atoms with Crippen molar-refractivity contribution in [2.45, 2.75) is 43.0 Å². The fourth-order valence-corrected chi connectivity index (χ4v) is 5.86. The van der Waals surface area contributed by atoms with Gasteiger partial charge in [-0.3, -0.25) is 0 Å².